The van der Waals surface area contributed by atoms with E-state index in [4.69, 9.17) is 0 Å². The van der Waals surface area contributed by atoms with Gasteiger partial charge in [0, 0.05) is 25.3 Å². The fourth-order valence-corrected chi connectivity index (χ4v) is 2.93. The van der Waals surface area contributed by atoms with Gasteiger partial charge in [-0.2, -0.15) is 0 Å². The highest BCUT2D eigenvalue weighted by Crippen LogP contribution is 2.28. The van der Waals surface area contributed by atoms with Crippen LogP contribution in [0.4, 0.5) is 5.69 Å². The summed E-state index contributed by atoms with van der Waals surface area (Å²) in [6.45, 7) is 3.46. The smallest absolute Gasteiger partial charge is 0.0376 e. The van der Waals surface area contributed by atoms with Crippen molar-refractivity contribution in [3.8, 4) is 0 Å². The van der Waals surface area contributed by atoms with Crippen molar-refractivity contribution in [1.82, 2.24) is 4.90 Å². The average molecular weight is 230 g/mol. The molecule has 0 amide bonds. The fourth-order valence-electron chi connectivity index (χ4n) is 2.93. The standard InChI is InChI=1S/C15H22N2/c1-17(10-12-3-2-4-12)11-13-5-6-14-7-8-16-15(14)9-13/h5-6,9,12,16H,2-4,7-8,10-11H2,1H3. The normalized spacial score (nSPS) is 18.9. The van der Waals surface area contributed by atoms with Crippen LogP contribution in [0.2, 0.25) is 0 Å². The molecule has 1 aromatic carbocycles. The van der Waals surface area contributed by atoms with Crippen LogP contribution in [0.1, 0.15) is 30.4 Å². The summed E-state index contributed by atoms with van der Waals surface area (Å²) in [5, 5.41) is 3.46. The van der Waals surface area contributed by atoms with E-state index in [1.165, 1.54) is 49.0 Å². The van der Waals surface area contributed by atoms with E-state index in [2.05, 4.69) is 35.5 Å². The minimum atomic E-state index is 0.965. The molecule has 0 saturated heterocycles. The van der Waals surface area contributed by atoms with E-state index in [0.29, 0.717) is 0 Å². The molecular weight excluding hydrogens is 208 g/mol. The van der Waals surface area contributed by atoms with Crippen LogP contribution in [0.25, 0.3) is 0 Å². The van der Waals surface area contributed by atoms with E-state index in [9.17, 15) is 0 Å². The lowest BCUT2D eigenvalue weighted by molar-refractivity contribution is 0.200. The summed E-state index contributed by atoms with van der Waals surface area (Å²) < 4.78 is 0. The third-order valence-electron chi connectivity index (χ3n) is 4.13. The molecule has 0 bridgehead atoms. The molecule has 0 aromatic heterocycles. The maximum atomic E-state index is 3.46. The Bertz CT molecular complexity index is 396. The molecule has 2 aliphatic rings. The molecule has 2 nitrogen and oxygen atoms in total. The fraction of sp³-hybridized carbons (Fsp3) is 0.600. The van der Waals surface area contributed by atoms with Crippen LogP contribution in [0.5, 0.6) is 0 Å². The van der Waals surface area contributed by atoms with E-state index in [1.54, 1.807) is 0 Å². The van der Waals surface area contributed by atoms with Gasteiger partial charge in [-0.25, -0.2) is 0 Å². The molecule has 0 atom stereocenters. The lowest BCUT2D eigenvalue weighted by atomic mass is 9.85. The lowest BCUT2D eigenvalue weighted by Crippen LogP contribution is -2.29. The lowest BCUT2D eigenvalue weighted by Gasteiger charge is -2.30. The summed E-state index contributed by atoms with van der Waals surface area (Å²) in [6.07, 6.45) is 5.51. The number of hydrogen-bond acceptors (Lipinski definition) is 2. The SMILES string of the molecule is CN(Cc1ccc2c(c1)NCC2)CC1CCC1. The minimum absolute atomic E-state index is 0.965. The Balaban J connectivity index is 1.60. The Hall–Kier alpha value is -1.02. The zero-order valence-electron chi connectivity index (χ0n) is 10.7. The second kappa shape index (κ2) is 4.69. The van der Waals surface area contributed by atoms with Crippen LogP contribution in [-0.4, -0.2) is 25.0 Å². The molecule has 1 saturated carbocycles. The zero-order chi connectivity index (χ0) is 11.7. The molecule has 1 aliphatic heterocycles. The zero-order valence-corrected chi connectivity index (χ0v) is 10.7. The van der Waals surface area contributed by atoms with Crippen molar-refractivity contribution in [2.45, 2.75) is 32.2 Å². The number of nitrogens with one attached hydrogen (secondary N) is 1. The van der Waals surface area contributed by atoms with Gasteiger partial charge in [0.1, 0.15) is 0 Å². The molecule has 1 fully saturated rings. The van der Waals surface area contributed by atoms with E-state index in [0.717, 1.165) is 19.0 Å². The molecule has 1 aromatic rings. The van der Waals surface area contributed by atoms with Crippen LogP contribution in [0.15, 0.2) is 18.2 Å². The maximum Gasteiger partial charge on any atom is 0.0376 e. The highest BCUT2D eigenvalue weighted by atomic mass is 15.1. The number of rotatable bonds is 4. The number of benzene rings is 1. The molecule has 1 N–H and O–H groups in total. The summed E-state index contributed by atoms with van der Waals surface area (Å²) in [7, 11) is 2.25. The van der Waals surface area contributed by atoms with Crippen LogP contribution < -0.4 is 5.32 Å². The van der Waals surface area contributed by atoms with Crippen molar-refractivity contribution in [2.75, 3.05) is 25.5 Å². The van der Waals surface area contributed by atoms with E-state index < -0.39 is 0 Å². The van der Waals surface area contributed by atoms with E-state index >= 15 is 0 Å². The van der Waals surface area contributed by atoms with Gasteiger partial charge < -0.3 is 10.2 Å². The predicted octanol–water partition coefficient (Wildman–Crippen LogP) is 2.89. The van der Waals surface area contributed by atoms with Gasteiger partial charge in [-0.15, -0.1) is 0 Å². The second-order valence-electron chi connectivity index (χ2n) is 5.66. The quantitative estimate of drug-likeness (QED) is 0.855. The van der Waals surface area contributed by atoms with Gasteiger partial charge >= 0.3 is 0 Å². The average Bonchev–Trinajstić information content (AvgIpc) is 2.71. The third kappa shape index (κ3) is 2.47. The van der Waals surface area contributed by atoms with Gasteiger partial charge in [0.2, 0.25) is 0 Å². The van der Waals surface area contributed by atoms with E-state index in [1.807, 2.05) is 0 Å². The molecule has 0 unspecified atom stereocenters. The Morgan fingerprint density at radius 3 is 3.00 bits per heavy atom. The summed E-state index contributed by atoms with van der Waals surface area (Å²) in [4.78, 5) is 2.47. The van der Waals surface area contributed by atoms with Gasteiger partial charge in [0.25, 0.3) is 0 Å². The predicted molar refractivity (Wildman–Crippen MR) is 72.3 cm³/mol. The van der Waals surface area contributed by atoms with E-state index in [-0.39, 0.29) is 0 Å². The molecule has 0 spiro atoms. The first-order chi connectivity index (χ1) is 8.31. The van der Waals surface area contributed by atoms with Gasteiger partial charge in [0.05, 0.1) is 0 Å². The second-order valence-corrected chi connectivity index (χ2v) is 5.66. The molecule has 92 valence electrons. The first-order valence-corrected chi connectivity index (χ1v) is 6.85. The largest absolute Gasteiger partial charge is 0.384 e. The molecule has 1 aliphatic carbocycles. The third-order valence-corrected chi connectivity index (χ3v) is 4.13. The number of hydrogen-bond donors (Lipinski definition) is 1. The van der Waals surface area contributed by atoms with Crippen molar-refractivity contribution in [3.63, 3.8) is 0 Å². The van der Waals surface area contributed by atoms with Crippen molar-refractivity contribution >= 4 is 5.69 Å². The van der Waals surface area contributed by atoms with Crippen LogP contribution in [-0.2, 0) is 13.0 Å². The van der Waals surface area contributed by atoms with Crippen molar-refractivity contribution in [3.05, 3.63) is 29.3 Å². The summed E-state index contributed by atoms with van der Waals surface area (Å²) in [6, 6.07) is 6.92. The van der Waals surface area contributed by atoms with Gasteiger partial charge in [0.15, 0.2) is 0 Å². The molecular formula is C15H22N2. The van der Waals surface area contributed by atoms with Crippen LogP contribution in [0, 0.1) is 5.92 Å². The number of anilines is 1. The van der Waals surface area contributed by atoms with Crippen LogP contribution in [0.3, 0.4) is 0 Å². The number of nitrogens with zero attached hydrogens (tertiary/aromatic N) is 1. The number of fused-ring (bicyclic) bond motifs is 1. The Labute approximate surface area is 104 Å². The van der Waals surface area contributed by atoms with Crippen molar-refractivity contribution < 1.29 is 0 Å². The van der Waals surface area contributed by atoms with Gasteiger partial charge in [-0.05, 0) is 49.4 Å². The highest BCUT2D eigenvalue weighted by Gasteiger charge is 2.19. The van der Waals surface area contributed by atoms with Crippen LogP contribution >= 0.6 is 0 Å². The summed E-state index contributed by atoms with van der Waals surface area (Å²) in [5.74, 6) is 0.965. The van der Waals surface area contributed by atoms with Gasteiger partial charge in [-0.3, -0.25) is 0 Å². The molecule has 1 heterocycles. The Morgan fingerprint density at radius 2 is 2.24 bits per heavy atom. The maximum absolute atomic E-state index is 3.46. The van der Waals surface area contributed by atoms with Gasteiger partial charge in [-0.1, -0.05) is 18.6 Å². The Kier molecular flexibility index (Phi) is 3.06. The first kappa shape index (κ1) is 11.1. The minimum Gasteiger partial charge on any atom is -0.384 e. The highest BCUT2D eigenvalue weighted by molar-refractivity contribution is 5.56. The molecule has 2 heteroatoms. The topological polar surface area (TPSA) is 15.3 Å². The monoisotopic (exact) mass is 230 g/mol. The molecule has 3 rings (SSSR count). The first-order valence-electron chi connectivity index (χ1n) is 6.85. The molecule has 17 heavy (non-hydrogen) atoms. The molecule has 0 radical (unpaired) electrons. The Morgan fingerprint density at radius 1 is 1.35 bits per heavy atom. The van der Waals surface area contributed by atoms with Crippen molar-refractivity contribution in [2.24, 2.45) is 5.92 Å². The van der Waals surface area contributed by atoms with Crippen molar-refractivity contribution in [1.29, 1.82) is 0 Å². The summed E-state index contributed by atoms with van der Waals surface area (Å²) >= 11 is 0. The summed E-state index contributed by atoms with van der Waals surface area (Å²) in [5.41, 5.74) is 4.29.